The van der Waals surface area contributed by atoms with Gasteiger partial charge in [-0.3, -0.25) is 4.79 Å². The van der Waals surface area contributed by atoms with Crippen LogP contribution in [0.3, 0.4) is 0 Å². The second-order valence-electron chi connectivity index (χ2n) is 5.33. The highest BCUT2D eigenvalue weighted by Crippen LogP contribution is 2.24. The highest BCUT2D eigenvalue weighted by molar-refractivity contribution is 5.93. The molecule has 5 heteroatoms. The molecule has 1 fully saturated rings. The number of aromatic amines is 1. The minimum absolute atomic E-state index is 0.130. The Balaban J connectivity index is 1.75. The van der Waals surface area contributed by atoms with E-state index in [4.69, 9.17) is 4.74 Å². The zero-order chi connectivity index (χ0) is 13.2. The maximum atomic E-state index is 12.4. The Morgan fingerprint density at radius 2 is 2.21 bits per heavy atom. The summed E-state index contributed by atoms with van der Waals surface area (Å²) in [4.78, 5) is 17.6. The summed E-state index contributed by atoms with van der Waals surface area (Å²) in [5.74, 6) is 0.130. The summed E-state index contributed by atoms with van der Waals surface area (Å²) < 4.78 is 5.42. The van der Waals surface area contributed by atoms with E-state index in [0.29, 0.717) is 6.10 Å². The Hall–Kier alpha value is -1.33. The molecular weight excluding hydrogens is 242 g/mol. The SMILES string of the molecule is COC1CCc2[nH]c(C(=O)N3CCNCC3)cc2C1. The molecule has 5 nitrogen and oxygen atoms in total. The molecule has 19 heavy (non-hydrogen) atoms. The summed E-state index contributed by atoms with van der Waals surface area (Å²) in [5.41, 5.74) is 3.20. The predicted molar refractivity (Wildman–Crippen MR) is 72.4 cm³/mol. The van der Waals surface area contributed by atoms with Crippen molar-refractivity contribution in [3.8, 4) is 0 Å². The summed E-state index contributed by atoms with van der Waals surface area (Å²) in [6.45, 7) is 3.36. The summed E-state index contributed by atoms with van der Waals surface area (Å²) in [7, 11) is 1.76. The Bertz CT molecular complexity index is 463. The van der Waals surface area contributed by atoms with Crippen LogP contribution in [0, 0.1) is 0 Å². The lowest BCUT2D eigenvalue weighted by Gasteiger charge is -2.26. The molecule has 0 radical (unpaired) electrons. The van der Waals surface area contributed by atoms with Crippen LogP contribution in [0.2, 0.25) is 0 Å². The van der Waals surface area contributed by atoms with Crippen molar-refractivity contribution in [3.63, 3.8) is 0 Å². The van der Waals surface area contributed by atoms with Crippen LogP contribution in [0.15, 0.2) is 6.07 Å². The average molecular weight is 263 g/mol. The molecule has 1 atom stereocenters. The van der Waals surface area contributed by atoms with Crippen LogP contribution in [-0.4, -0.2) is 55.2 Å². The van der Waals surface area contributed by atoms with Crippen molar-refractivity contribution in [2.75, 3.05) is 33.3 Å². The molecule has 0 spiro atoms. The lowest BCUT2D eigenvalue weighted by molar-refractivity contribution is 0.0730. The van der Waals surface area contributed by atoms with Crippen LogP contribution in [0.5, 0.6) is 0 Å². The Morgan fingerprint density at radius 3 is 2.95 bits per heavy atom. The quantitative estimate of drug-likeness (QED) is 0.820. The van der Waals surface area contributed by atoms with E-state index in [9.17, 15) is 4.79 Å². The molecule has 1 saturated heterocycles. The first-order chi connectivity index (χ1) is 9.28. The highest BCUT2D eigenvalue weighted by atomic mass is 16.5. The predicted octanol–water partition coefficient (Wildman–Crippen LogP) is 0.564. The van der Waals surface area contributed by atoms with E-state index in [-0.39, 0.29) is 5.91 Å². The number of amides is 1. The van der Waals surface area contributed by atoms with Crippen LogP contribution in [-0.2, 0) is 17.6 Å². The van der Waals surface area contributed by atoms with Crippen LogP contribution in [0.25, 0.3) is 0 Å². The molecule has 1 unspecified atom stereocenters. The zero-order valence-corrected chi connectivity index (χ0v) is 11.4. The molecule has 1 aromatic heterocycles. The maximum Gasteiger partial charge on any atom is 0.270 e. The number of hydrogen-bond donors (Lipinski definition) is 2. The zero-order valence-electron chi connectivity index (χ0n) is 11.4. The maximum absolute atomic E-state index is 12.4. The van der Waals surface area contributed by atoms with E-state index >= 15 is 0 Å². The monoisotopic (exact) mass is 263 g/mol. The lowest BCUT2D eigenvalue weighted by Crippen LogP contribution is -2.46. The molecular formula is C14H21N3O2. The van der Waals surface area contributed by atoms with Gasteiger partial charge in [0.2, 0.25) is 0 Å². The molecule has 2 aliphatic rings. The average Bonchev–Trinajstić information content (AvgIpc) is 2.90. The molecule has 2 heterocycles. The summed E-state index contributed by atoms with van der Waals surface area (Å²) in [6, 6.07) is 2.02. The summed E-state index contributed by atoms with van der Waals surface area (Å²) in [6.07, 6.45) is 3.22. The molecule has 104 valence electrons. The smallest absolute Gasteiger partial charge is 0.270 e. The van der Waals surface area contributed by atoms with Gasteiger partial charge in [-0.1, -0.05) is 0 Å². The number of aromatic nitrogens is 1. The van der Waals surface area contributed by atoms with Crippen molar-refractivity contribution < 1.29 is 9.53 Å². The number of methoxy groups -OCH3 is 1. The second kappa shape index (κ2) is 5.35. The van der Waals surface area contributed by atoms with Gasteiger partial charge in [0.25, 0.3) is 5.91 Å². The molecule has 2 N–H and O–H groups in total. The topological polar surface area (TPSA) is 57.4 Å². The van der Waals surface area contributed by atoms with Crippen molar-refractivity contribution >= 4 is 5.91 Å². The third kappa shape index (κ3) is 2.53. The number of nitrogens with one attached hydrogen (secondary N) is 2. The summed E-state index contributed by atoms with van der Waals surface area (Å²) >= 11 is 0. The molecule has 3 rings (SSSR count). The van der Waals surface area contributed by atoms with Crippen LogP contribution in [0.4, 0.5) is 0 Å². The second-order valence-corrected chi connectivity index (χ2v) is 5.33. The van der Waals surface area contributed by atoms with Gasteiger partial charge in [0.05, 0.1) is 6.10 Å². The van der Waals surface area contributed by atoms with E-state index in [1.807, 2.05) is 11.0 Å². The first-order valence-electron chi connectivity index (χ1n) is 7.01. The number of ether oxygens (including phenoxy) is 1. The number of carbonyl (C=O) groups is 1. The largest absolute Gasteiger partial charge is 0.381 e. The Morgan fingerprint density at radius 1 is 1.42 bits per heavy atom. The first-order valence-corrected chi connectivity index (χ1v) is 7.01. The van der Waals surface area contributed by atoms with Crippen LogP contribution in [0.1, 0.15) is 28.2 Å². The summed E-state index contributed by atoms with van der Waals surface area (Å²) in [5, 5.41) is 3.26. The minimum atomic E-state index is 0.130. The number of fused-ring (bicyclic) bond motifs is 1. The molecule has 0 aromatic carbocycles. The molecule has 1 amide bonds. The fraction of sp³-hybridized carbons (Fsp3) is 0.643. The molecule has 1 aromatic rings. The van der Waals surface area contributed by atoms with Gasteiger partial charge >= 0.3 is 0 Å². The third-order valence-electron chi connectivity index (χ3n) is 4.12. The number of piperazine rings is 1. The van der Waals surface area contributed by atoms with Crippen molar-refractivity contribution in [2.45, 2.75) is 25.4 Å². The van der Waals surface area contributed by atoms with Gasteiger partial charge in [0.1, 0.15) is 5.69 Å². The van der Waals surface area contributed by atoms with Gasteiger partial charge in [-0.25, -0.2) is 0 Å². The number of aryl methyl sites for hydroxylation is 1. The number of hydrogen-bond acceptors (Lipinski definition) is 3. The fourth-order valence-corrected chi connectivity index (χ4v) is 2.95. The van der Waals surface area contributed by atoms with Crippen molar-refractivity contribution in [3.05, 3.63) is 23.0 Å². The van der Waals surface area contributed by atoms with Crippen molar-refractivity contribution in [1.29, 1.82) is 0 Å². The molecule has 0 saturated carbocycles. The number of carbonyl (C=O) groups excluding carboxylic acids is 1. The molecule has 1 aliphatic carbocycles. The fourth-order valence-electron chi connectivity index (χ4n) is 2.95. The van der Waals surface area contributed by atoms with E-state index in [2.05, 4.69) is 10.3 Å². The Kier molecular flexibility index (Phi) is 3.57. The van der Waals surface area contributed by atoms with Gasteiger partial charge < -0.3 is 19.9 Å². The van der Waals surface area contributed by atoms with E-state index in [1.54, 1.807) is 7.11 Å². The van der Waals surface area contributed by atoms with Crippen molar-refractivity contribution in [2.24, 2.45) is 0 Å². The van der Waals surface area contributed by atoms with Gasteiger partial charge in [0.15, 0.2) is 0 Å². The van der Waals surface area contributed by atoms with Gasteiger partial charge in [0, 0.05) is 45.4 Å². The number of nitrogens with zero attached hydrogens (tertiary/aromatic N) is 1. The first kappa shape index (κ1) is 12.7. The van der Waals surface area contributed by atoms with E-state index < -0.39 is 0 Å². The normalized spacial score (nSPS) is 23.2. The number of H-pyrrole nitrogens is 1. The lowest BCUT2D eigenvalue weighted by atomic mass is 9.95. The molecule has 1 aliphatic heterocycles. The van der Waals surface area contributed by atoms with Crippen molar-refractivity contribution in [1.82, 2.24) is 15.2 Å². The number of rotatable bonds is 2. The van der Waals surface area contributed by atoms with Gasteiger partial charge in [-0.2, -0.15) is 0 Å². The van der Waals surface area contributed by atoms with Gasteiger partial charge in [-0.05, 0) is 24.5 Å². The van der Waals surface area contributed by atoms with E-state index in [0.717, 1.165) is 51.1 Å². The third-order valence-corrected chi connectivity index (χ3v) is 4.12. The van der Waals surface area contributed by atoms with Crippen LogP contribution >= 0.6 is 0 Å². The van der Waals surface area contributed by atoms with Gasteiger partial charge in [-0.15, -0.1) is 0 Å². The van der Waals surface area contributed by atoms with Crippen LogP contribution < -0.4 is 5.32 Å². The minimum Gasteiger partial charge on any atom is -0.381 e. The van der Waals surface area contributed by atoms with E-state index in [1.165, 1.54) is 11.3 Å². The highest BCUT2D eigenvalue weighted by Gasteiger charge is 2.24. The Labute approximate surface area is 113 Å². The molecule has 0 bridgehead atoms. The standard InChI is InChI=1S/C14H21N3O2/c1-19-11-2-3-12-10(8-11)9-13(16-12)14(18)17-6-4-15-5-7-17/h9,11,15-16H,2-8H2,1H3.